The van der Waals surface area contributed by atoms with E-state index in [1.165, 1.54) is 11.8 Å². The van der Waals surface area contributed by atoms with Crippen LogP contribution in [0.3, 0.4) is 0 Å². The van der Waals surface area contributed by atoms with Crippen molar-refractivity contribution in [3.05, 3.63) is 45.3 Å². The first-order chi connectivity index (χ1) is 9.90. The summed E-state index contributed by atoms with van der Waals surface area (Å²) in [5.41, 5.74) is 6.93. The van der Waals surface area contributed by atoms with Crippen LogP contribution in [0.2, 0.25) is 5.02 Å². The molecule has 3 N–H and O–H groups in total. The number of hydrogen-bond acceptors (Lipinski definition) is 4. The van der Waals surface area contributed by atoms with Gasteiger partial charge in [0.15, 0.2) is 5.16 Å². The molecule has 7 heteroatoms. The maximum Gasteiger partial charge on any atom is 0.344 e. The van der Waals surface area contributed by atoms with Crippen LogP contribution in [-0.4, -0.2) is 20.8 Å². The summed E-state index contributed by atoms with van der Waals surface area (Å²) in [4.78, 5) is 11.8. The molecule has 0 radical (unpaired) electrons. The van der Waals surface area contributed by atoms with Gasteiger partial charge in [0.1, 0.15) is 0 Å². The van der Waals surface area contributed by atoms with Gasteiger partial charge in [-0.05, 0) is 38.5 Å². The summed E-state index contributed by atoms with van der Waals surface area (Å²) in [5, 5.41) is 7.88. The van der Waals surface area contributed by atoms with Crippen molar-refractivity contribution in [2.45, 2.75) is 43.3 Å². The largest absolute Gasteiger partial charge is 0.344 e. The Morgan fingerprint density at radius 1 is 1.38 bits per heavy atom. The summed E-state index contributed by atoms with van der Waals surface area (Å²) in [7, 11) is 0. The number of H-pyrrole nitrogens is 1. The summed E-state index contributed by atoms with van der Waals surface area (Å²) in [5.74, 6) is 0. The number of benzene rings is 1. The van der Waals surface area contributed by atoms with Crippen molar-refractivity contribution < 1.29 is 0 Å². The number of aromatic amines is 1. The third kappa shape index (κ3) is 3.70. The Balaban J connectivity index is 2.36. The number of rotatable bonds is 5. The lowest BCUT2D eigenvalue weighted by Crippen LogP contribution is -2.24. The second-order valence-corrected chi connectivity index (χ2v) is 6.77. The van der Waals surface area contributed by atoms with E-state index in [4.69, 9.17) is 17.3 Å². The molecular formula is C14H19ClN4OS. The summed E-state index contributed by atoms with van der Waals surface area (Å²) in [6.45, 7) is 5.82. The molecule has 0 aliphatic rings. The summed E-state index contributed by atoms with van der Waals surface area (Å²) in [6.07, 6.45) is 0. The number of nitrogens with two attached hydrogens (primary N) is 1. The molecule has 2 rings (SSSR count). The number of hydrogen-bond donors (Lipinski definition) is 2. The molecule has 0 spiro atoms. The average Bonchev–Trinajstić information content (AvgIpc) is 2.76. The van der Waals surface area contributed by atoms with E-state index in [9.17, 15) is 4.79 Å². The molecule has 2 unspecified atom stereocenters. The number of thioether (sulfide) groups is 1. The monoisotopic (exact) mass is 326 g/mol. The Hall–Kier alpha value is -1.24. The van der Waals surface area contributed by atoms with Gasteiger partial charge in [-0.15, -0.1) is 5.10 Å². The Kier molecular flexibility index (Phi) is 5.13. The van der Waals surface area contributed by atoms with Crippen molar-refractivity contribution >= 4 is 23.4 Å². The highest BCUT2D eigenvalue weighted by Gasteiger charge is 2.22. The van der Waals surface area contributed by atoms with Crippen LogP contribution in [0.5, 0.6) is 0 Å². The van der Waals surface area contributed by atoms with Crippen LogP contribution in [0.15, 0.2) is 34.2 Å². The molecule has 0 aliphatic heterocycles. The maximum absolute atomic E-state index is 11.8. The number of nitrogens with one attached hydrogen (secondary N) is 1. The van der Waals surface area contributed by atoms with Gasteiger partial charge in [0, 0.05) is 17.1 Å². The zero-order valence-corrected chi connectivity index (χ0v) is 13.8. The number of aromatic nitrogens is 3. The molecule has 114 valence electrons. The van der Waals surface area contributed by atoms with E-state index in [1.807, 2.05) is 45.0 Å². The summed E-state index contributed by atoms with van der Waals surface area (Å²) >= 11 is 7.53. The molecule has 2 aromatic rings. The fourth-order valence-electron chi connectivity index (χ4n) is 2.10. The normalized spacial score (nSPS) is 14.4. The first-order valence-electron chi connectivity index (χ1n) is 6.74. The van der Waals surface area contributed by atoms with Crippen LogP contribution in [0.1, 0.15) is 37.6 Å². The Morgan fingerprint density at radius 2 is 2.10 bits per heavy atom. The molecule has 21 heavy (non-hydrogen) atoms. The van der Waals surface area contributed by atoms with Gasteiger partial charge < -0.3 is 5.73 Å². The minimum absolute atomic E-state index is 0.0311. The van der Waals surface area contributed by atoms with Crippen LogP contribution in [-0.2, 0) is 0 Å². The molecule has 2 atom stereocenters. The molecule has 1 aromatic carbocycles. The van der Waals surface area contributed by atoms with Gasteiger partial charge in [-0.2, -0.15) is 0 Å². The molecule has 0 amide bonds. The SMILES string of the molecule is CC(N)C(Sc1n[nH]c(=O)n1C(C)C)c1cccc(Cl)c1. The number of halogens is 1. The average molecular weight is 327 g/mol. The molecule has 0 saturated heterocycles. The lowest BCUT2D eigenvalue weighted by atomic mass is 10.1. The van der Waals surface area contributed by atoms with E-state index in [2.05, 4.69) is 10.2 Å². The Bertz CT molecular complexity index is 665. The van der Waals surface area contributed by atoms with E-state index in [0.717, 1.165) is 5.56 Å². The van der Waals surface area contributed by atoms with Crippen LogP contribution in [0.4, 0.5) is 0 Å². The second kappa shape index (κ2) is 6.68. The first-order valence-corrected chi connectivity index (χ1v) is 8.00. The van der Waals surface area contributed by atoms with Crippen molar-refractivity contribution in [1.82, 2.24) is 14.8 Å². The van der Waals surface area contributed by atoms with E-state index in [1.54, 1.807) is 4.57 Å². The zero-order valence-electron chi connectivity index (χ0n) is 12.2. The van der Waals surface area contributed by atoms with Gasteiger partial charge in [0.25, 0.3) is 0 Å². The second-order valence-electron chi connectivity index (χ2n) is 5.23. The van der Waals surface area contributed by atoms with Gasteiger partial charge in [-0.25, -0.2) is 9.89 Å². The summed E-state index contributed by atoms with van der Waals surface area (Å²) < 4.78 is 1.63. The highest BCUT2D eigenvalue weighted by molar-refractivity contribution is 7.99. The predicted octanol–water partition coefficient (Wildman–Crippen LogP) is 2.99. The number of nitrogens with zero attached hydrogens (tertiary/aromatic N) is 2. The van der Waals surface area contributed by atoms with E-state index in [0.29, 0.717) is 10.2 Å². The predicted molar refractivity (Wildman–Crippen MR) is 86.9 cm³/mol. The molecule has 0 saturated carbocycles. The molecular weight excluding hydrogens is 308 g/mol. The van der Waals surface area contributed by atoms with Gasteiger partial charge in [0.2, 0.25) is 0 Å². The van der Waals surface area contributed by atoms with Gasteiger partial charge in [0.05, 0.1) is 5.25 Å². The van der Waals surface area contributed by atoms with Crippen molar-refractivity contribution in [3.63, 3.8) is 0 Å². The molecule has 0 aliphatic carbocycles. The van der Waals surface area contributed by atoms with Gasteiger partial charge >= 0.3 is 5.69 Å². The smallest absolute Gasteiger partial charge is 0.327 e. The molecule has 5 nitrogen and oxygen atoms in total. The highest BCUT2D eigenvalue weighted by Crippen LogP contribution is 2.37. The molecule has 0 fully saturated rings. The fraction of sp³-hybridized carbons (Fsp3) is 0.429. The Labute approximate surface area is 132 Å². The standard InChI is InChI=1S/C14H19ClN4OS/c1-8(2)19-13(20)17-18-14(19)21-12(9(3)16)10-5-4-6-11(15)7-10/h4-9,12H,16H2,1-3H3,(H,17,20). The highest BCUT2D eigenvalue weighted by atomic mass is 35.5. The lowest BCUT2D eigenvalue weighted by Gasteiger charge is -2.21. The van der Waals surface area contributed by atoms with Crippen LogP contribution in [0, 0.1) is 0 Å². The van der Waals surface area contributed by atoms with Gasteiger partial charge in [-0.3, -0.25) is 4.57 Å². The van der Waals surface area contributed by atoms with E-state index < -0.39 is 0 Å². The first kappa shape index (κ1) is 16.1. The quantitative estimate of drug-likeness (QED) is 0.828. The van der Waals surface area contributed by atoms with Crippen LogP contribution in [0.25, 0.3) is 0 Å². The van der Waals surface area contributed by atoms with E-state index in [-0.39, 0.29) is 23.0 Å². The minimum atomic E-state index is -0.206. The van der Waals surface area contributed by atoms with Crippen molar-refractivity contribution in [2.75, 3.05) is 0 Å². The minimum Gasteiger partial charge on any atom is -0.327 e. The van der Waals surface area contributed by atoms with Crippen LogP contribution < -0.4 is 11.4 Å². The zero-order chi connectivity index (χ0) is 15.6. The molecule has 0 bridgehead atoms. The van der Waals surface area contributed by atoms with Crippen molar-refractivity contribution in [1.29, 1.82) is 0 Å². The van der Waals surface area contributed by atoms with Crippen molar-refractivity contribution in [2.24, 2.45) is 5.73 Å². The maximum atomic E-state index is 11.8. The topological polar surface area (TPSA) is 76.7 Å². The van der Waals surface area contributed by atoms with Crippen molar-refractivity contribution in [3.8, 4) is 0 Å². The van der Waals surface area contributed by atoms with E-state index >= 15 is 0 Å². The summed E-state index contributed by atoms with van der Waals surface area (Å²) in [6, 6.07) is 7.53. The molecule has 1 heterocycles. The lowest BCUT2D eigenvalue weighted by molar-refractivity contribution is 0.532. The van der Waals surface area contributed by atoms with Gasteiger partial charge in [-0.1, -0.05) is 35.5 Å². The molecule has 1 aromatic heterocycles. The van der Waals surface area contributed by atoms with Crippen LogP contribution >= 0.6 is 23.4 Å². The third-order valence-electron chi connectivity index (χ3n) is 3.08. The fourth-order valence-corrected chi connectivity index (χ4v) is 3.53. The third-order valence-corrected chi connectivity index (χ3v) is 4.76. The Morgan fingerprint density at radius 3 is 2.67 bits per heavy atom.